The van der Waals surface area contributed by atoms with Crippen LogP contribution in [0.2, 0.25) is 0 Å². The number of aryl methyl sites for hydroxylation is 2. The Morgan fingerprint density at radius 1 is 1.26 bits per heavy atom. The molecule has 1 aliphatic carbocycles. The van der Waals surface area contributed by atoms with Crippen LogP contribution < -0.4 is 10.6 Å². The normalized spacial score (nSPS) is 25.6. The summed E-state index contributed by atoms with van der Waals surface area (Å²) in [4.78, 5) is 18.6. The molecule has 0 spiro atoms. The number of thiazole rings is 1. The van der Waals surface area contributed by atoms with Crippen molar-refractivity contribution >= 4 is 33.3 Å². The highest BCUT2D eigenvalue weighted by molar-refractivity contribution is 7.21. The molecule has 0 unspecified atom stereocenters. The molecule has 1 saturated carbocycles. The maximum Gasteiger partial charge on any atom is 0.225 e. The highest BCUT2D eigenvalue weighted by Crippen LogP contribution is 2.40. The summed E-state index contributed by atoms with van der Waals surface area (Å²) < 4.78 is 6.22. The van der Waals surface area contributed by atoms with E-state index in [2.05, 4.69) is 20.6 Å². The maximum absolute atomic E-state index is 11.0. The Balaban J connectivity index is 1.79. The molecule has 5 N–H and O–H groups in total. The lowest BCUT2D eigenvalue weighted by atomic mass is 9.96. The zero-order valence-corrected chi connectivity index (χ0v) is 20.8. The van der Waals surface area contributed by atoms with Gasteiger partial charge in [0.25, 0.3) is 0 Å². The first-order valence-electron chi connectivity index (χ1n) is 11.3. The van der Waals surface area contributed by atoms with E-state index in [1.165, 1.54) is 11.3 Å². The lowest BCUT2D eigenvalue weighted by Gasteiger charge is -2.30. The van der Waals surface area contributed by atoms with Gasteiger partial charge in [-0.05, 0) is 40.2 Å². The van der Waals surface area contributed by atoms with E-state index in [1.807, 2.05) is 26.8 Å². The topological polar surface area (TPSA) is 146 Å². The van der Waals surface area contributed by atoms with Crippen molar-refractivity contribution in [1.82, 2.24) is 19.9 Å². The SMILES string of the molecule is COC[C@@H](C)Nc1nc(C)c(-c2nc3c(C)nccc3s2)c(N[C@@H]2C[C@H](CO)[C@@H](O)[C@@]2(C)O)n1. The Kier molecular flexibility index (Phi) is 7.02. The predicted molar refractivity (Wildman–Crippen MR) is 132 cm³/mol. The average Bonchev–Trinajstić information content (AvgIpc) is 3.29. The fourth-order valence-electron chi connectivity index (χ4n) is 4.50. The van der Waals surface area contributed by atoms with E-state index in [-0.39, 0.29) is 12.6 Å². The molecule has 0 aliphatic heterocycles. The lowest BCUT2D eigenvalue weighted by molar-refractivity contribution is -0.0647. The first-order valence-corrected chi connectivity index (χ1v) is 12.1. The summed E-state index contributed by atoms with van der Waals surface area (Å²) in [5.74, 6) is 0.485. The molecule has 0 amide bonds. The summed E-state index contributed by atoms with van der Waals surface area (Å²) in [5.41, 5.74) is 1.66. The fourth-order valence-corrected chi connectivity index (χ4v) is 5.61. The number of hydrogen-bond donors (Lipinski definition) is 5. The molecule has 10 nitrogen and oxygen atoms in total. The number of hydrogen-bond acceptors (Lipinski definition) is 11. The van der Waals surface area contributed by atoms with Gasteiger partial charge in [-0.1, -0.05) is 0 Å². The van der Waals surface area contributed by atoms with Crippen LogP contribution in [0.1, 0.15) is 31.7 Å². The molecule has 3 heterocycles. The highest BCUT2D eigenvalue weighted by Gasteiger charge is 2.50. The van der Waals surface area contributed by atoms with Gasteiger partial charge in [0.1, 0.15) is 21.9 Å². The first kappa shape index (κ1) is 24.7. The Morgan fingerprint density at radius 3 is 2.68 bits per heavy atom. The third kappa shape index (κ3) is 4.58. The van der Waals surface area contributed by atoms with E-state index < -0.39 is 23.7 Å². The summed E-state index contributed by atoms with van der Waals surface area (Å²) in [6, 6.07) is 1.38. The highest BCUT2D eigenvalue weighted by atomic mass is 32.1. The lowest BCUT2D eigenvalue weighted by Crippen LogP contribution is -2.48. The van der Waals surface area contributed by atoms with Gasteiger partial charge in [-0.25, -0.2) is 9.97 Å². The molecule has 11 heteroatoms. The Labute approximate surface area is 202 Å². The van der Waals surface area contributed by atoms with E-state index in [4.69, 9.17) is 14.7 Å². The third-order valence-electron chi connectivity index (χ3n) is 6.42. The molecular weight excluding hydrogens is 456 g/mol. The number of aromatic nitrogens is 4. The number of anilines is 2. The molecule has 0 saturated heterocycles. The number of aliphatic hydroxyl groups is 3. The van der Waals surface area contributed by atoms with Gasteiger partial charge >= 0.3 is 0 Å². The molecule has 3 aromatic rings. The second kappa shape index (κ2) is 9.67. The Bertz CT molecular complexity index is 1170. The van der Waals surface area contributed by atoms with E-state index in [0.29, 0.717) is 30.5 Å². The van der Waals surface area contributed by atoms with Gasteiger partial charge in [-0.2, -0.15) is 4.98 Å². The second-order valence-electron chi connectivity index (χ2n) is 9.17. The van der Waals surface area contributed by atoms with Crippen molar-refractivity contribution < 1.29 is 20.1 Å². The van der Waals surface area contributed by atoms with Crippen molar-refractivity contribution in [2.24, 2.45) is 5.92 Å². The van der Waals surface area contributed by atoms with Crippen LogP contribution >= 0.6 is 11.3 Å². The number of fused-ring (bicyclic) bond motifs is 1. The minimum Gasteiger partial charge on any atom is -0.396 e. The molecule has 0 aromatic carbocycles. The molecule has 4 rings (SSSR count). The number of rotatable bonds is 8. The zero-order chi connectivity index (χ0) is 24.6. The van der Waals surface area contributed by atoms with E-state index in [1.54, 1.807) is 20.2 Å². The molecule has 34 heavy (non-hydrogen) atoms. The first-order chi connectivity index (χ1) is 16.1. The number of aliphatic hydroxyl groups excluding tert-OH is 2. The van der Waals surface area contributed by atoms with Crippen molar-refractivity contribution in [3.63, 3.8) is 0 Å². The number of pyridine rings is 1. The Hall–Kier alpha value is -2.44. The number of nitrogens with zero attached hydrogens (tertiary/aromatic N) is 4. The monoisotopic (exact) mass is 488 g/mol. The van der Waals surface area contributed by atoms with Crippen LogP contribution in [0.5, 0.6) is 0 Å². The summed E-state index contributed by atoms with van der Waals surface area (Å²) in [6.07, 6.45) is 1.09. The van der Waals surface area contributed by atoms with Gasteiger partial charge in [0.15, 0.2) is 0 Å². The van der Waals surface area contributed by atoms with Crippen LogP contribution in [0.15, 0.2) is 12.3 Å². The van der Waals surface area contributed by atoms with E-state index >= 15 is 0 Å². The van der Waals surface area contributed by atoms with Crippen molar-refractivity contribution in [3.05, 3.63) is 23.7 Å². The van der Waals surface area contributed by atoms with Crippen LogP contribution in [0, 0.1) is 19.8 Å². The third-order valence-corrected chi connectivity index (χ3v) is 7.46. The smallest absolute Gasteiger partial charge is 0.225 e. The van der Waals surface area contributed by atoms with Crippen LogP contribution in [0.25, 0.3) is 20.8 Å². The number of methoxy groups -OCH3 is 1. The van der Waals surface area contributed by atoms with Crippen LogP contribution in [0.4, 0.5) is 11.8 Å². The molecule has 0 radical (unpaired) electrons. The largest absolute Gasteiger partial charge is 0.396 e. The molecular formula is C23H32N6O4S. The number of nitrogens with one attached hydrogen (secondary N) is 2. The predicted octanol–water partition coefficient (Wildman–Crippen LogP) is 2.12. The molecule has 0 bridgehead atoms. The summed E-state index contributed by atoms with van der Waals surface area (Å²) in [5, 5.41) is 38.6. The standard InChI is InChI=1S/C23H32N6O4S/c1-11(10-33-5)25-22-26-12(2)17(21-28-18-13(3)24-7-6-15(18)34-21)20(29-22)27-16-8-14(9-30)19(31)23(16,4)32/h6-7,11,14,16,19,30-32H,8-10H2,1-5H3,(H2,25,26,27,29)/t11-,14-,16-,19-,23+/m1/s1. The summed E-state index contributed by atoms with van der Waals surface area (Å²) in [6.45, 7) is 7.63. The molecule has 1 fully saturated rings. The summed E-state index contributed by atoms with van der Waals surface area (Å²) in [7, 11) is 1.63. The van der Waals surface area contributed by atoms with E-state index in [9.17, 15) is 15.3 Å². The summed E-state index contributed by atoms with van der Waals surface area (Å²) >= 11 is 1.52. The fraction of sp³-hybridized carbons (Fsp3) is 0.565. The van der Waals surface area contributed by atoms with Gasteiger partial charge in [-0.15, -0.1) is 11.3 Å². The van der Waals surface area contributed by atoms with Crippen LogP contribution in [-0.2, 0) is 4.74 Å². The van der Waals surface area contributed by atoms with Crippen molar-refractivity contribution in [3.8, 4) is 10.6 Å². The van der Waals surface area contributed by atoms with Crippen molar-refractivity contribution in [2.45, 2.75) is 57.9 Å². The van der Waals surface area contributed by atoms with Gasteiger partial charge in [0, 0.05) is 31.9 Å². The van der Waals surface area contributed by atoms with Crippen molar-refractivity contribution in [1.29, 1.82) is 0 Å². The zero-order valence-electron chi connectivity index (χ0n) is 20.0. The number of ether oxygens (including phenoxy) is 1. The average molecular weight is 489 g/mol. The Morgan fingerprint density at radius 2 is 2.03 bits per heavy atom. The second-order valence-corrected chi connectivity index (χ2v) is 10.2. The van der Waals surface area contributed by atoms with Crippen LogP contribution in [-0.4, -0.2) is 79.4 Å². The minimum absolute atomic E-state index is 0.0190. The maximum atomic E-state index is 11.0. The molecule has 184 valence electrons. The van der Waals surface area contributed by atoms with Gasteiger partial charge < -0.3 is 30.7 Å². The minimum atomic E-state index is -1.45. The van der Waals surface area contributed by atoms with Crippen molar-refractivity contribution in [2.75, 3.05) is 31.0 Å². The van der Waals surface area contributed by atoms with Gasteiger partial charge in [0.05, 0.1) is 40.4 Å². The quantitative estimate of drug-likeness (QED) is 0.319. The molecule has 1 aliphatic rings. The molecule has 5 atom stereocenters. The van der Waals surface area contributed by atoms with Gasteiger partial charge in [0.2, 0.25) is 5.95 Å². The van der Waals surface area contributed by atoms with Crippen LogP contribution in [0.3, 0.4) is 0 Å². The van der Waals surface area contributed by atoms with Gasteiger partial charge in [-0.3, -0.25) is 4.98 Å². The molecule has 3 aromatic heterocycles. The van der Waals surface area contributed by atoms with E-state index in [0.717, 1.165) is 26.5 Å².